The number of benzene rings is 1. The van der Waals surface area contributed by atoms with Crippen LogP contribution in [0.5, 0.6) is 0 Å². The van der Waals surface area contributed by atoms with Gasteiger partial charge in [-0.05, 0) is 12.0 Å². The molecule has 0 saturated carbocycles. The van der Waals surface area contributed by atoms with E-state index in [1.165, 1.54) is 7.11 Å². The molecule has 17 heavy (non-hydrogen) atoms. The highest BCUT2D eigenvalue weighted by molar-refractivity contribution is 5.79. The third-order valence-electron chi connectivity index (χ3n) is 2.99. The van der Waals surface area contributed by atoms with Gasteiger partial charge in [0.25, 0.3) is 0 Å². The van der Waals surface area contributed by atoms with E-state index in [1.807, 2.05) is 30.3 Å². The van der Waals surface area contributed by atoms with Crippen molar-refractivity contribution in [1.29, 1.82) is 0 Å². The van der Waals surface area contributed by atoms with E-state index in [4.69, 9.17) is 4.74 Å². The first kappa shape index (κ1) is 11.6. The van der Waals surface area contributed by atoms with Crippen molar-refractivity contribution in [2.75, 3.05) is 7.11 Å². The molecule has 2 nitrogen and oxygen atoms in total. The van der Waals surface area contributed by atoms with Gasteiger partial charge in [-0.3, -0.25) is 4.79 Å². The summed E-state index contributed by atoms with van der Waals surface area (Å²) in [6.45, 7) is 0. The standard InChI is InChI=1S/C15H16O2/c1-17-15(16)14(12-8-4-2-5-9-12)13-10-6-3-7-11-13/h2,4-11,13-14H,3H2,1H3. The van der Waals surface area contributed by atoms with E-state index in [9.17, 15) is 4.79 Å². The summed E-state index contributed by atoms with van der Waals surface area (Å²) < 4.78 is 4.91. The summed E-state index contributed by atoms with van der Waals surface area (Å²) in [5.41, 5.74) is 1.00. The highest BCUT2D eigenvalue weighted by Crippen LogP contribution is 2.30. The highest BCUT2D eigenvalue weighted by Gasteiger charge is 2.27. The lowest BCUT2D eigenvalue weighted by atomic mass is 9.84. The minimum atomic E-state index is -0.242. The number of esters is 1. The minimum absolute atomic E-state index is 0.0959. The van der Waals surface area contributed by atoms with Crippen LogP contribution in [0.3, 0.4) is 0 Å². The quantitative estimate of drug-likeness (QED) is 0.587. The summed E-state index contributed by atoms with van der Waals surface area (Å²) in [5, 5.41) is 0. The molecule has 2 heteroatoms. The number of hydrogen-bond acceptors (Lipinski definition) is 2. The smallest absolute Gasteiger partial charge is 0.314 e. The van der Waals surface area contributed by atoms with Crippen LogP contribution in [0.2, 0.25) is 0 Å². The molecule has 88 valence electrons. The Morgan fingerprint density at radius 1 is 1.24 bits per heavy atom. The third-order valence-corrected chi connectivity index (χ3v) is 2.99. The van der Waals surface area contributed by atoms with Crippen LogP contribution in [0.4, 0.5) is 0 Å². The Kier molecular flexibility index (Phi) is 3.76. The second-order valence-corrected chi connectivity index (χ2v) is 4.08. The van der Waals surface area contributed by atoms with Crippen molar-refractivity contribution >= 4 is 5.97 Å². The van der Waals surface area contributed by atoms with Gasteiger partial charge in [0.15, 0.2) is 0 Å². The van der Waals surface area contributed by atoms with Gasteiger partial charge in [0, 0.05) is 5.92 Å². The maximum atomic E-state index is 11.9. The Hall–Kier alpha value is -1.83. The van der Waals surface area contributed by atoms with Crippen LogP contribution in [0.1, 0.15) is 17.9 Å². The molecule has 0 radical (unpaired) electrons. The van der Waals surface area contributed by atoms with Crippen LogP contribution in [-0.4, -0.2) is 13.1 Å². The number of ether oxygens (including phenoxy) is 1. The van der Waals surface area contributed by atoms with Crippen LogP contribution in [0.15, 0.2) is 54.6 Å². The van der Waals surface area contributed by atoms with Crippen LogP contribution in [0.25, 0.3) is 0 Å². The lowest BCUT2D eigenvalue weighted by Gasteiger charge is -2.21. The van der Waals surface area contributed by atoms with Gasteiger partial charge >= 0.3 is 5.97 Å². The molecule has 0 amide bonds. The fourth-order valence-electron chi connectivity index (χ4n) is 2.14. The Morgan fingerprint density at radius 3 is 2.47 bits per heavy atom. The van der Waals surface area contributed by atoms with E-state index in [-0.39, 0.29) is 17.8 Å². The minimum Gasteiger partial charge on any atom is -0.469 e. The predicted octanol–water partition coefficient (Wildman–Crippen LogP) is 3.08. The van der Waals surface area contributed by atoms with Crippen molar-refractivity contribution < 1.29 is 9.53 Å². The second-order valence-electron chi connectivity index (χ2n) is 4.08. The fourth-order valence-corrected chi connectivity index (χ4v) is 2.14. The molecule has 1 aromatic rings. The van der Waals surface area contributed by atoms with Gasteiger partial charge in [0.2, 0.25) is 0 Å². The average Bonchev–Trinajstić information content (AvgIpc) is 2.41. The van der Waals surface area contributed by atoms with Crippen molar-refractivity contribution in [3.05, 3.63) is 60.2 Å². The Labute approximate surface area is 102 Å². The highest BCUT2D eigenvalue weighted by atomic mass is 16.5. The number of carbonyl (C=O) groups is 1. The summed E-state index contributed by atoms with van der Waals surface area (Å²) >= 11 is 0. The summed E-state index contributed by atoms with van der Waals surface area (Å²) in [4.78, 5) is 11.9. The van der Waals surface area contributed by atoms with Crippen molar-refractivity contribution in [2.24, 2.45) is 5.92 Å². The van der Waals surface area contributed by atoms with E-state index < -0.39 is 0 Å². The zero-order chi connectivity index (χ0) is 12.1. The Bertz CT molecular complexity index is 419. The molecule has 0 heterocycles. The molecule has 1 aliphatic rings. The monoisotopic (exact) mass is 228 g/mol. The third kappa shape index (κ3) is 2.64. The molecule has 0 bridgehead atoms. The molecule has 0 saturated heterocycles. The molecule has 1 unspecified atom stereocenters. The molecule has 0 aliphatic heterocycles. The van der Waals surface area contributed by atoms with Crippen LogP contribution >= 0.6 is 0 Å². The van der Waals surface area contributed by atoms with Gasteiger partial charge in [-0.15, -0.1) is 0 Å². The van der Waals surface area contributed by atoms with Gasteiger partial charge in [-0.25, -0.2) is 0 Å². The first-order valence-electron chi connectivity index (χ1n) is 5.79. The Balaban J connectivity index is 2.31. The Morgan fingerprint density at radius 2 is 1.88 bits per heavy atom. The molecule has 1 atom stereocenters. The second kappa shape index (κ2) is 5.48. The van der Waals surface area contributed by atoms with Gasteiger partial charge < -0.3 is 4.74 Å². The lowest BCUT2D eigenvalue weighted by Crippen LogP contribution is -2.21. The van der Waals surface area contributed by atoms with Crippen LogP contribution in [-0.2, 0) is 9.53 Å². The predicted molar refractivity (Wildman–Crippen MR) is 67.6 cm³/mol. The SMILES string of the molecule is COC(=O)C(c1ccccc1)C1C=CCC=C1. The molecule has 0 aromatic heterocycles. The normalized spacial score (nSPS) is 16.8. The summed E-state index contributed by atoms with van der Waals surface area (Å²) in [6.07, 6.45) is 9.27. The topological polar surface area (TPSA) is 26.3 Å². The number of allylic oxidation sites excluding steroid dienone is 4. The maximum Gasteiger partial charge on any atom is 0.314 e. The van der Waals surface area contributed by atoms with Gasteiger partial charge in [0.1, 0.15) is 0 Å². The molecule has 0 spiro atoms. The van der Waals surface area contributed by atoms with E-state index in [0.29, 0.717) is 0 Å². The van der Waals surface area contributed by atoms with Crippen molar-refractivity contribution in [1.82, 2.24) is 0 Å². The van der Waals surface area contributed by atoms with Crippen molar-refractivity contribution in [3.8, 4) is 0 Å². The zero-order valence-electron chi connectivity index (χ0n) is 9.87. The van der Waals surface area contributed by atoms with Crippen molar-refractivity contribution in [3.63, 3.8) is 0 Å². The zero-order valence-corrected chi connectivity index (χ0v) is 9.87. The number of rotatable bonds is 3. The van der Waals surface area contributed by atoms with E-state index in [0.717, 1.165) is 12.0 Å². The number of hydrogen-bond donors (Lipinski definition) is 0. The number of methoxy groups -OCH3 is 1. The molecular formula is C15H16O2. The largest absolute Gasteiger partial charge is 0.469 e. The average molecular weight is 228 g/mol. The van der Waals surface area contributed by atoms with E-state index in [2.05, 4.69) is 24.3 Å². The summed E-state index contributed by atoms with van der Waals surface area (Å²) in [7, 11) is 1.44. The van der Waals surface area contributed by atoms with Gasteiger partial charge in [0.05, 0.1) is 13.0 Å². The fraction of sp³-hybridized carbons (Fsp3) is 0.267. The molecule has 1 aromatic carbocycles. The van der Waals surface area contributed by atoms with Crippen LogP contribution in [0, 0.1) is 5.92 Å². The van der Waals surface area contributed by atoms with Crippen LogP contribution < -0.4 is 0 Å². The van der Waals surface area contributed by atoms with Crippen molar-refractivity contribution in [2.45, 2.75) is 12.3 Å². The molecule has 1 aliphatic carbocycles. The summed E-state index contributed by atoms with van der Waals surface area (Å²) in [5.74, 6) is -0.329. The van der Waals surface area contributed by atoms with E-state index >= 15 is 0 Å². The molecule has 2 rings (SSSR count). The first-order valence-corrected chi connectivity index (χ1v) is 5.79. The first-order chi connectivity index (χ1) is 8.33. The number of carbonyl (C=O) groups excluding carboxylic acids is 1. The van der Waals surface area contributed by atoms with Gasteiger partial charge in [-0.1, -0.05) is 54.6 Å². The summed E-state index contributed by atoms with van der Waals surface area (Å²) in [6, 6.07) is 9.78. The lowest BCUT2D eigenvalue weighted by molar-refractivity contribution is -0.143. The van der Waals surface area contributed by atoms with Gasteiger partial charge in [-0.2, -0.15) is 0 Å². The molecule has 0 fully saturated rings. The molecule has 0 N–H and O–H groups in total. The molecular weight excluding hydrogens is 212 g/mol. The van der Waals surface area contributed by atoms with E-state index in [1.54, 1.807) is 0 Å². The maximum absolute atomic E-state index is 11.9.